The van der Waals surface area contributed by atoms with E-state index in [1.807, 2.05) is 6.92 Å². The molecule has 0 atom stereocenters. The lowest BCUT2D eigenvalue weighted by Crippen LogP contribution is -2.31. The molecule has 1 aromatic rings. The van der Waals surface area contributed by atoms with Gasteiger partial charge in [0.1, 0.15) is 5.82 Å². The lowest BCUT2D eigenvalue weighted by Gasteiger charge is -2.04. The van der Waals surface area contributed by atoms with E-state index in [1.165, 1.54) is 12.1 Å². The van der Waals surface area contributed by atoms with Gasteiger partial charge in [-0.05, 0) is 19.1 Å². The SMILES string of the molecule is CCNC(=O)CCNC(=O)c1ccc(N)nn1. The fourth-order valence-corrected chi connectivity index (χ4v) is 1.13. The molecule has 0 aliphatic rings. The van der Waals surface area contributed by atoms with Crippen LogP contribution in [0.5, 0.6) is 0 Å². The average molecular weight is 237 g/mol. The van der Waals surface area contributed by atoms with Crippen LogP contribution < -0.4 is 16.4 Å². The molecule has 0 bridgehead atoms. The number of carbonyl (C=O) groups is 2. The summed E-state index contributed by atoms with van der Waals surface area (Å²) in [6.45, 7) is 2.67. The van der Waals surface area contributed by atoms with E-state index in [0.29, 0.717) is 6.54 Å². The van der Waals surface area contributed by atoms with Crippen molar-refractivity contribution in [1.29, 1.82) is 0 Å². The zero-order valence-electron chi connectivity index (χ0n) is 9.56. The summed E-state index contributed by atoms with van der Waals surface area (Å²) in [6, 6.07) is 2.97. The molecule has 0 unspecified atom stereocenters. The molecular weight excluding hydrogens is 222 g/mol. The predicted molar refractivity (Wildman–Crippen MR) is 62.1 cm³/mol. The normalized spacial score (nSPS) is 9.71. The van der Waals surface area contributed by atoms with E-state index in [0.717, 1.165) is 0 Å². The maximum atomic E-state index is 11.5. The summed E-state index contributed by atoms with van der Waals surface area (Å²) >= 11 is 0. The summed E-state index contributed by atoms with van der Waals surface area (Å²) in [5.74, 6) is -0.220. The Labute approximate surface area is 98.8 Å². The van der Waals surface area contributed by atoms with Gasteiger partial charge in [0.25, 0.3) is 5.91 Å². The van der Waals surface area contributed by atoms with E-state index in [-0.39, 0.29) is 36.3 Å². The van der Waals surface area contributed by atoms with Crippen molar-refractivity contribution in [1.82, 2.24) is 20.8 Å². The highest BCUT2D eigenvalue weighted by Crippen LogP contribution is 1.96. The van der Waals surface area contributed by atoms with E-state index < -0.39 is 0 Å². The van der Waals surface area contributed by atoms with E-state index in [4.69, 9.17) is 5.73 Å². The largest absolute Gasteiger partial charge is 0.382 e. The number of nitrogen functional groups attached to an aromatic ring is 1. The van der Waals surface area contributed by atoms with Crippen LogP contribution in [0, 0.1) is 0 Å². The lowest BCUT2D eigenvalue weighted by atomic mass is 10.3. The lowest BCUT2D eigenvalue weighted by molar-refractivity contribution is -0.120. The summed E-state index contributed by atoms with van der Waals surface area (Å²) < 4.78 is 0. The van der Waals surface area contributed by atoms with Gasteiger partial charge in [0.2, 0.25) is 5.91 Å². The van der Waals surface area contributed by atoms with Gasteiger partial charge in [0.05, 0.1) is 0 Å². The first-order valence-electron chi connectivity index (χ1n) is 5.27. The maximum Gasteiger partial charge on any atom is 0.271 e. The molecule has 92 valence electrons. The van der Waals surface area contributed by atoms with Crippen molar-refractivity contribution in [3.63, 3.8) is 0 Å². The second-order valence-electron chi connectivity index (χ2n) is 3.30. The molecule has 0 spiro atoms. The highest BCUT2D eigenvalue weighted by atomic mass is 16.2. The molecule has 1 aromatic heterocycles. The fourth-order valence-electron chi connectivity index (χ4n) is 1.13. The summed E-state index contributed by atoms with van der Waals surface area (Å²) in [7, 11) is 0. The maximum absolute atomic E-state index is 11.5. The highest BCUT2D eigenvalue weighted by Gasteiger charge is 2.07. The molecule has 0 fully saturated rings. The molecule has 0 aromatic carbocycles. The van der Waals surface area contributed by atoms with Gasteiger partial charge in [0, 0.05) is 19.5 Å². The molecule has 0 aliphatic heterocycles. The molecule has 17 heavy (non-hydrogen) atoms. The van der Waals surface area contributed by atoms with Crippen LogP contribution in [0.25, 0.3) is 0 Å². The Morgan fingerprint density at radius 3 is 2.65 bits per heavy atom. The Hall–Kier alpha value is -2.18. The first kappa shape index (κ1) is 12.9. The number of nitrogens with one attached hydrogen (secondary N) is 2. The fraction of sp³-hybridized carbons (Fsp3) is 0.400. The van der Waals surface area contributed by atoms with Crippen LogP contribution in [0.15, 0.2) is 12.1 Å². The molecule has 7 heteroatoms. The predicted octanol–water partition coefficient (Wildman–Crippen LogP) is -0.685. The van der Waals surface area contributed by atoms with Crippen molar-refractivity contribution in [2.45, 2.75) is 13.3 Å². The van der Waals surface area contributed by atoms with Crippen molar-refractivity contribution < 1.29 is 9.59 Å². The first-order valence-corrected chi connectivity index (χ1v) is 5.27. The van der Waals surface area contributed by atoms with Crippen LogP contribution in [-0.2, 0) is 4.79 Å². The zero-order valence-corrected chi connectivity index (χ0v) is 9.56. The summed E-state index contributed by atoms with van der Waals surface area (Å²) in [5, 5.41) is 12.4. The Kier molecular flexibility index (Phi) is 4.86. The Balaban J connectivity index is 2.35. The number of nitrogens with zero attached hydrogens (tertiary/aromatic N) is 2. The van der Waals surface area contributed by atoms with Gasteiger partial charge in [-0.2, -0.15) is 0 Å². The smallest absolute Gasteiger partial charge is 0.271 e. The number of amides is 2. The Morgan fingerprint density at radius 2 is 2.06 bits per heavy atom. The summed E-state index contributed by atoms with van der Waals surface area (Å²) in [5.41, 5.74) is 5.52. The van der Waals surface area contributed by atoms with Gasteiger partial charge >= 0.3 is 0 Å². The van der Waals surface area contributed by atoms with E-state index in [1.54, 1.807) is 0 Å². The Bertz CT molecular complexity index is 390. The number of aromatic nitrogens is 2. The molecule has 0 saturated carbocycles. The number of rotatable bonds is 5. The van der Waals surface area contributed by atoms with E-state index in [9.17, 15) is 9.59 Å². The van der Waals surface area contributed by atoms with Crippen molar-refractivity contribution in [2.24, 2.45) is 0 Å². The molecule has 4 N–H and O–H groups in total. The van der Waals surface area contributed by atoms with Gasteiger partial charge in [-0.3, -0.25) is 9.59 Å². The third-order valence-electron chi connectivity index (χ3n) is 1.93. The van der Waals surface area contributed by atoms with Crippen molar-refractivity contribution in [3.05, 3.63) is 17.8 Å². The molecule has 0 aliphatic carbocycles. The molecule has 1 rings (SSSR count). The van der Waals surface area contributed by atoms with Crippen LogP contribution in [0.1, 0.15) is 23.8 Å². The van der Waals surface area contributed by atoms with E-state index in [2.05, 4.69) is 20.8 Å². The number of hydrogen-bond acceptors (Lipinski definition) is 5. The number of hydrogen-bond donors (Lipinski definition) is 3. The molecule has 0 saturated heterocycles. The van der Waals surface area contributed by atoms with Crippen molar-refractivity contribution in [3.8, 4) is 0 Å². The minimum Gasteiger partial charge on any atom is -0.382 e. The zero-order chi connectivity index (χ0) is 12.7. The number of nitrogens with two attached hydrogens (primary N) is 1. The minimum atomic E-state index is -0.373. The third kappa shape index (κ3) is 4.45. The van der Waals surface area contributed by atoms with Crippen LogP contribution in [0.2, 0.25) is 0 Å². The Morgan fingerprint density at radius 1 is 1.29 bits per heavy atom. The minimum absolute atomic E-state index is 0.101. The van der Waals surface area contributed by atoms with Gasteiger partial charge in [-0.1, -0.05) is 0 Å². The van der Waals surface area contributed by atoms with Crippen LogP contribution in [0.3, 0.4) is 0 Å². The number of carbonyl (C=O) groups excluding carboxylic acids is 2. The van der Waals surface area contributed by atoms with Crippen molar-refractivity contribution in [2.75, 3.05) is 18.8 Å². The molecular formula is C10H15N5O2. The van der Waals surface area contributed by atoms with Gasteiger partial charge in [-0.25, -0.2) is 0 Å². The second kappa shape index (κ2) is 6.41. The topological polar surface area (TPSA) is 110 Å². The van der Waals surface area contributed by atoms with Gasteiger partial charge in [0.15, 0.2) is 5.69 Å². The standard InChI is InChI=1S/C10H15N5O2/c1-2-12-9(16)5-6-13-10(17)7-3-4-8(11)15-14-7/h3-4H,2,5-6H2,1H3,(H2,11,15)(H,12,16)(H,13,17). The van der Waals surface area contributed by atoms with Gasteiger partial charge < -0.3 is 16.4 Å². The van der Waals surface area contributed by atoms with Crippen molar-refractivity contribution >= 4 is 17.6 Å². The quantitative estimate of drug-likeness (QED) is 0.628. The number of anilines is 1. The monoisotopic (exact) mass is 237 g/mol. The van der Waals surface area contributed by atoms with E-state index >= 15 is 0 Å². The molecule has 0 radical (unpaired) electrons. The second-order valence-corrected chi connectivity index (χ2v) is 3.30. The average Bonchev–Trinajstić information content (AvgIpc) is 2.30. The molecule has 2 amide bonds. The van der Waals surface area contributed by atoms with Crippen LogP contribution in [-0.4, -0.2) is 35.1 Å². The third-order valence-corrected chi connectivity index (χ3v) is 1.93. The van der Waals surface area contributed by atoms with Crippen LogP contribution in [0.4, 0.5) is 5.82 Å². The van der Waals surface area contributed by atoms with Crippen LogP contribution >= 0.6 is 0 Å². The molecule has 7 nitrogen and oxygen atoms in total. The highest BCUT2D eigenvalue weighted by molar-refractivity contribution is 5.92. The van der Waals surface area contributed by atoms with Gasteiger partial charge in [-0.15, -0.1) is 10.2 Å². The summed E-state index contributed by atoms with van der Waals surface area (Å²) in [4.78, 5) is 22.6. The first-order chi connectivity index (χ1) is 8.13. The molecule has 1 heterocycles. The summed E-state index contributed by atoms with van der Waals surface area (Å²) in [6.07, 6.45) is 0.238.